The molecule has 1 atom stereocenters. The van der Waals surface area contributed by atoms with E-state index < -0.39 is 0 Å². The van der Waals surface area contributed by atoms with Gasteiger partial charge in [0.05, 0.1) is 11.6 Å². The summed E-state index contributed by atoms with van der Waals surface area (Å²) in [7, 11) is 0. The number of pyridine rings is 1. The summed E-state index contributed by atoms with van der Waals surface area (Å²) in [6.07, 6.45) is 12.0. The molecule has 0 aliphatic heterocycles. The number of benzene rings is 7. The highest BCUT2D eigenvalue weighted by atomic mass is 15.0. The van der Waals surface area contributed by atoms with Crippen LogP contribution in [0.15, 0.2) is 194 Å². The first kappa shape index (κ1) is 34.3. The van der Waals surface area contributed by atoms with E-state index in [1.807, 2.05) is 24.4 Å². The van der Waals surface area contributed by atoms with Gasteiger partial charge >= 0.3 is 0 Å². The van der Waals surface area contributed by atoms with Crippen molar-refractivity contribution in [3.8, 4) is 22.3 Å². The fourth-order valence-electron chi connectivity index (χ4n) is 6.98. The van der Waals surface area contributed by atoms with E-state index in [0.717, 1.165) is 50.7 Å². The molecular formula is C51H41N3. The summed E-state index contributed by atoms with van der Waals surface area (Å²) in [5, 5.41) is 18.6. The monoisotopic (exact) mass is 695 g/mol. The van der Waals surface area contributed by atoms with Gasteiger partial charge in [0, 0.05) is 17.1 Å². The van der Waals surface area contributed by atoms with Gasteiger partial charge in [-0.25, -0.2) is 0 Å². The Bertz CT molecular complexity index is 2660. The minimum Gasteiger partial charge on any atom is -0.360 e. The van der Waals surface area contributed by atoms with Gasteiger partial charge < -0.3 is 5.32 Å². The molecule has 0 amide bonds. The normalized spacial score (nSPS) is 12.1. The Hall–Kier alpha value is -6.84. The lowest BCUT2D eigenvalue weighted by molar-refractivity contribution is 0.784. The van der Waals surface area contributed by atoms with Crippen LogP contribution in [0.1, 0.15) is 35.6 Å². The van der Waals surface area contributed by atoms with Crippen LogP contribution >= 0.6 is 0 Å². The summed E-state index contributed by atoms with van der Waals surface area (Å²) in [4.78, 5) is 4.65. The molecule has 8 aromatic rings. The highest BCUT2D eigenvalue weighted by Crippen LogP contribution is 2.30. The highest BCUT2D eigenvalue weighted by molar-refractivity contribution is 5.97. The number of aromatic nitrogens is 1. The Morgan fingerprint density at radius 2 is 1.30 bits per heavy atom. The molecule has 1 aromatic heterocycles. The molecular weight excluding hydrogens is 655 g/mol. The van der Waals surface area contributed by atoms with Crippen LogP contribution in [0.25, 0.3) is 66.9 Å². The predicted octanol–water partition coefficient (Wildman–Crippen LogP) is 13.2. The lowest BCUT2D eigenvalue weighted by atomic mass is 9.96. The average Bonchev–Trinajstić information content (AvgIpc) is 3.23. The van der Waals surface area contributed by atoms with Crippen LogP contribution in [-0.2, 0) is 0 Å². The smallest absolute Gasteiger partial charge is 0.121 e. The number of amidine groups is 1. The molecule has 0 aliphatic rings. The van der Waals surface area contributed by atoms with Crippen LogP contribution in [0.3, 0.4) is 0 Å². The molecule has 8 rings (SSSR count). The zero-order chi connectivity index (χ0) is 36.7. The molecule has 0 bridgehead atoms. The summed E-state index contributed by atoms with van der Waals surface area (Å²) in [6.45, 7) is 4.30. The van der Waals surface area contributed by atoms with Crippen molar-refractivity contribution in [2.75, 3.05) is 0 Å². The summed E-state index contributed by atoms with van der Waals surface area (Å²) in [5.74, 6) is 0.348. The molecule has 0 saturated carbocycles. The molecule has 0 fully saturated rings. The van der Waals surface area contributed by atoms with E-state index in [0.29, 0.717) is 12.3 Å². The second-order valence-electron chi connectivity index (χ2n) is 13.7. The maximum atomic E-state index is 9.02. The van der Waals surface area contributed by atoms with Crippen molar-refractivity contribution in [1.82, 2.24) is 10.3 Å². The molecule has 0 saturated heterocycles. The largest absolute Gasteiger partial charge is 0.360 e. The van der Waals surface area contributed by atoms with Crippen molar-refractivity contribution in [2.24, 2.45) is 0 Å². The number of allylic oxidation sites excluding steroid dienone is 1. The summed E-state index contributed by atoms with van der Waals surface area (Å²) < 4.78 is 0. The quantitative estimate of drug-likeness (QED) is 0.105. The lowest BCUT2D eigenvalue weighted by Gasteiger charge is -2.19. The first-order chi connectivity index (χ1) is 26.6. The molecule has 54 heavy (non-hydrogen) atoms. The zero-order valence-electron chi connectivity index (χ0n) is 30.1. The third kappa shape index (κ3) is 7.81. The van der Waals surface area contributed by atoms with E-state index in [1.54, 1.807) is 0 Å². The molecule has 0 radical (unpaired) electrons. The average molecular weight is 696 g/mol. The van der Waals surface area contributed by atoms with Gasteiger partial charge in [-0.2, -0.15) is 0 Å². The third-order valence-corrected chi connectivity index (χ3v) is 10.0. The van der Waals surface area contributed by atoms with Crippen molar-refractivity contribution >= 4 is 50.4 Å². The number of hydrogen-bond acceptors (Lipinski definition) is 2. The topological polar surface area (TPSA) is 48.8 Å². The Morgan fingerprint density at radius 1 is 0.611 bits per heavy atom. The number of nitrogens with zero attached hydrogens (tertiary/aromatic N) is 1. The van der Waals surface area contributed by atoms with E-state index in [-0.39, 0.29) is 6.04 Å². The summed E-state index contributed by atoms with van der Waals surface area (Å²) in [6, 6.07) is 57.3. The number of nitrogens with one attached hydrogen (secondary N) is 2. The Morgan fingerprint density at radius 3 is 2.13 bits per heavy atom. The highest BCUT2D eigenvalue weighted by Gasteiger charge is 2.13. The van der Waals surface area contributed by atoms with Crippen LogP contribution in [0, 0.1) is 5.41 Å². The van der Waals surface area contributed by atoms with E-state index >= 15 is 0 Å². The molecule has 0 spiro atoms. The summed E-state index contributed by atoms with van der Waals surface area (Å²) >= 11 is 0. The number of rotatable bonds is 11. The minimum absolute atomic E-state index is 0.228. The van der Waals surface area contributed by atoms with Crippen LogP contribution < -0.4 is 5.32 Å². The second kappa shape index (κ2) is 15.8. The van der Waals surface area contributed by atoms with E-state index in [4.69, 9.17) is 5.41 Å². The molecule has 3 nitrogen and oxygen atoms in total. The molecule has 1 heterocycles. The van der Waals surface area contributed by atoms with Crippen LogP contribution in [-0.4, -0.2) is 10.8 Å². The second-order valence-corrected chi connectivity index (χ2v) is 13.7. The Balaban J connectivity index is 0.996. The van der Waals surface area contributed by atoms with Gasteiger partial charge in [-0.15, -0.1) is 0 Å². The molecule has 3 heteroatoms. The van der Waals surface area contributed by atoms with Gasteiger partial charge in [-0.3, -0.25) is 10.4 Å². The molecule has 1 unspecified atom stereocenters. The van der Waals surface area contributed by atoms with E-state index in [9.17, 15) is 0 Å². The molecule has 260 valence electrons. The number of para-hydroxylation sites is 1. The molecule has 7 aromatic carbocycles. The van der Waals surface area contributed by atoms with Crippen molar-refractivity contribution in [2.45, 2.75) is 18.9 Å². The first-order valence-corrected chi connectivity index (χ1v) is 18.5. The standard InChI is InChI=1S/C51H41N3/c1-36(11-2-3-12-38-23-27-39-13-4-5-15-44(39)33-38)51(52)54-50(43-30-28-42(29-31-43)48-19-10-17-41-14-6-8-18-47(41)48)32-24-37-21-25-40(26-22-37)46-34-45-16-7-9-20-49(45)53-35-46/h3-10,12-35,50H,1-2,11H2,(H2,52,54)/b12-3+,32-24+. The Kier molecular flexibility index (Phi) is 10.0. The van der Waals surface area contributed by atoms with Crippen LogP contribution in [0.4, 0.5) is 0 Å². The van der Waals surface area contributed by atoms with E-state index in [1.165, 1.54) is 32.7 Å². The van der Waals surface area contributed by atoms with Gasteiger partial charge in [0.15, 0.2) is 0 Å². The van der Waals surface area contributed by atoms with Crippen molar-refractivity contribution in [1.29, 1.82) is 5.41 Å². The van der Waals surface area contributed by atoms with Gasteiger partial charge in [0.2, 0.25) is 0 Å². The minimum atomic E-state index is -0.228. The summed E-state index contributed by atoms with van der Waals surface area (Å²) in [5.41, 5.74) is 9.68. The van der Waals surface area contributed by atoms with Gasteiger partial charge in [-0.05, 0) is 91.5 Å². The SMILES string of the molecule is C=C(CC/C=C/c1ccc2ccccc2c1)C(=N)NC(/C=C/c1ccc(-c2cnc3ccccc3c2)cc1)c1ccc(-c2cccc3ccccc23)cc1. The first-order valence-electron chi connectivity index (χ1n) is 18.5. The fourth-order valence-corrected chi connectivity index (χ4v) is 6.98. The number of fused-ring (bicyclic) bond motifs is 3. The maximum Gasteiger partial charge on any atom is 0.121 e. The van der Waals surface area contributed by atoms with Crippen LogP contribution in [0.2, 0.25) is 0 Å². The van der Waals surface area contributed by atoms with Crippen LogP contribution in [0.5, 0.6) is 0 Å². The zero-order valence-corrected chi connectivity index (χ0v) is 30.1. The lowest BCUT2D eigenvalue weighted by Crippen LogP contribution is -2.27. The van der Waals surface area contributed by atoms with Crippen molar-refractivity contribution in [3.63, 3.8) is 0 Å². The fraction of sp³-hybridized carbons (Fsp3) is 0.0588. The van der Waals surface area contributed by atoms with E-state index in [2.05, 4.69) is 187 Å². The molecule has 2 N–H and O–H groups in total. The van der Waals surface area contributed by atoms with Gasteiger partial charge in [0.25, 0.3) is 0 Å². The van der Waals surface area contributed by atoms with Crippen molar-refractivity contribution in [3.05, 3.63) is 211 Å². The number of hydrogen-bond donors (Lipinski definition) is 2. The maximum absolute atomic E-state index is 9.02. The molecule has 0 aliphatic carbocycles. The van der Waals surface area contributed by atoms with Crippen molar-refractivity contribution < 1.29 is 0 Å². The predicted molar refractivity (Wildman–Crippen MR) is 231 cm³/mol. The van der Waals surface area contributed by atoms with Gasteiger partial charge in [0.1, 0.15) is 5.84 Å². The van der Waals surface area contributed by atoms with Gasteiger partial charge in [-0.1, -0.05) is 176 Å². The third-order valence-electron chi connectivity index (χ3n) is 10.0. The Labute approximate surface area is 317 Å².